The van der Waals surface area contributed by atoms with Crippen molar-refractivity contribution in [3.63, 3.8) is 0 Å². The number of carbonyl (C=O) groups excluding carboxylic acids is 1. The summed E-state index contributed by atoms with van der Waals surface area (Å²) in [6, 6.07) is 0. The average Bonchev–Trinajstić information content (AvgIpc) is 2.47. The molecule has 0 saturated carbocycles. The molecule has 0 aromatic heterocycles. The van der Waals surface area contributed by atoms with Crippen LogP contribution in [0.2, 0.25) is 0 Å². The Hall–Kier alpha value is -0.830. The molecule has 1 heterocycles. The van der Waals surface area contributed by atoms with Crippen molar-refractivity contribution in [3.8, 4) is 0 Å². The van der Waals surface area contributed by atoms with E-state index in [-0.39, 0.29) is 18.0 Å². The van der Waals surface area contributed by atoms with Crippen LogP contribution in [-0.4, -0.2) is 23.3 Å². The van der Waals surface area contributed by atoms with Crippen LogP contribution < -0.4 is 0 Å². The first kappa shape index (κ1) is 10.3. The highest BCUT2D eigenvalue weighted by atomic mass is 16.6. The second-order valence-electron chi connectivity index (χ2n) is 3.41. The van der Waals surface area contributed by atoms with E-state index in [0.29, 0.717) is 19.3 Å². The van der Waals surface area contributed by atoms with Crippen molar-refractivity contribution in [1.82, 2.24) is 0 Å². The Morgan fingerprint density at radius 2 is 2.54 bits per heavy atom. The summed E-state index contributed by atoms with van der Waals surface area (Å²) < 4.78 is 5.04. The molecule has 0 aliphatic carbocycles. The maximum Gasteiger partial charge on any atom is 0.309 e. The van der Waals surface area contributed by atoms with E-state index in [1.807, 2.05) is 6.92 Å². The summed E-state index contributed by atoms with van der Waals surface area (Å²) >= 11 is 0. The van der Waals surface area contributed by atoms with Crippen LogP contribution in [0.25, 0.3) is 0 Å². The molecule has 0 bridgehead atoms. The highest BCUT2D eigenvalue weighted by Gasteiger charge is 2.36. The smallest absolute Gasteiger partial charge is 0.309 e. The number of allylic oxidation sites excluding steroid dienone is 1. The average molecular weight is 184 g/mol. The number of esters is 1. The van der Waals surface area contributed by atoms with E-state index >= 15 is 0 Å². The van der Waals surface area contributed by atoms with Gasteiger partial charge in [0.1, 0.15) is 6.10 Å². The molecule has 1 rings (SSSR count). The minimum atomic E-state index is -0.515. The molecule has 1 aliphatic rings. The fraction of sp³-hybridized carbons (Fsp3) is 0.700. The van der Waals surface area contributed by atoms with Crippen LogP contribution in [0.15, 0.2) is 12.7 Å². The van der Waals surface area contributed by atoms with Crippen molar-refractivity contribution in [3.05, 3.63) is 12.7 Å². The Morgan fingerprint density at radius 1 is 1.85 bits per heavy atom. The molecule has 0 aromatic carbocycles. The van der Waals surface area contributed by atoms with Gasteiger partial charge in [0.15, 0.2) is 0 Å². The third-order valence-corrected chi connectivity index (χ3v) is 2.42. The lowest BCUT2D eigenvalue weighted by Crippen LogP contribution is -2.24. The predicted octanol–water partition coefficient (Wildman–Crippen LogP) is 1.27. The first-order valence-corrected chi connectivity index (χ1v) is 4.68. The van der Waals surface area contributed by atoms with Gasteiger partial charge in [0.2, 0.25) is 0 Å². The van der Waals surface area contributed by atoms with E-state index in [9.17, 15) is 9.90 Å². The molecule has 0 spiro atoms. The van der Waals surface area contributed by atoms with Crippen molar-refractivity contribution in [2.24, 2.45) is 5.92 Å². The second kappa shape index (κ2) is 4.42. The Bertz CT molecular complexity index is 200. The summed E-state index contributed by atoms with van der Waals surface area (Å²) in [6.07, 6.45) is 2.79. The molecule has 1 aliphatic heterocycles. The van der Waals surface area contributed by atoms with Gasteiger partial charge in [-0.1, -0.05) is 13.0 Å². The number of ether oxygens (including phenoxy) is 1. The molecule has 0 amide bonds. The lowest BCUT2D eigenvalue weighted by Gasteiger charge is -2.14. The molecule has 0 unspecified atom stereocenters. The van der Waals surface area contributed by atoms with Crippen LogP contribution in [0, 0.1) is 5.92 Å². The van der Waals surface area contributed by atoms with E-state index in [4.69, 9.17) is 4.74 Å². The Kier molecular flexibility index (Phi) is 3.48. The summed E-state index contributed by atoms with van der Waals surface area (Å²) in [7, 11) is 0. The van der Waals surface area contributed by atoms with Crippen LogP contribution in [0.4, 0.5) is 0 Å². The zero-order valence-electron chi connectivity index (χ0n) is 7.90. The number of hydrogen-bond donors (Lipinski definition) is 1. The van der Waals surface area contributed by atoms with E-state index < -0.39 is 6.10 Å². The number of hydrogen-bond acceptors (Lipinski definition) is 3. The lowest BCUT2D eigenvalue weighted by molar-refractivity contribution is -0.147. The summed E-state index contributed by atoms with van der Waals surface area (Å²) in [5, 5.41) is 9.46. The number of cyclic esters (lactones) is 1. The van der Waals surface area contributed by atoms with Gasteiger partial charge in [0.25, 0.3) is 0 Å². The van der Waals surface area contributed by atoms with Crippen molar-refractivity contribution in [2.45, 2.75) is 38.4 Å². The minimum absolute atomic E-state index is 0.0938. The van der Waals surface area contributed by atoms with Crippen LogP contribution in [0.3, 0.4) is 0 Å². The lowest BCUT2D eigenvalue weighted by atomic mass is 9.98. The van der Waals surface area contributed by atoms with Gasteiger partial charge in [0.05, 0.1) is 12.0 Å². The van der Waals surface area contributed by atoms with Crippen molar-refractivity contribution in [1.29, 1.82) is 0 Å². The fourth-order valence-electron chi connectivity index (χ4n) is 1.56. The summed E-state index contributed by atoms with van der Waals surface area (Å²) in [6.45, 7) is 5.45. The van der Waals surface area contributed by atoms with Crippen molar-refractivity contribution < 1.29 is 14.6 Å². The van der Waals surface area contributed by atoms with Crippen LogP contribution in [0.5, 0.6) is 0 Å². The van der Waals surface area contributed by atoms with Gasteiger partial charge in [-0.25, -0.2) is 0 Å². The topological polar surface area (TPSA) is 46.5 Å². The number of aliphatic hydroxyl groups is 1. The Balaban J connectivity index is 2.49. The molecular formula is C10H16O3. The van der Waals surface area contributed by atoms with E-state index in [1.165, 1.54) is 0 Å². The molecular weight excluding hydrogens is 168 g/mol. The van der Waals surface area contributed by atoms with Crippen LogP contribution >= 0.6 is 0 Å². The maximum atomic E-state index is 11.2. The number of aliphatic hydroxyl groups excluding tert-OH is 1. The standard InChI is InChI=1S/C10H16O3/c1-3-5-7-6-9(8(11)4-2)13-10(7)12/h3,7-9,11H,1,4-6H2,2H3/t7-,8-,9+/m0/s1. The highest BCUT2D eigenvalue weighted by molar-refractivity contribution is 5.74. The third-order valence-electron chi connectivity index (χ3n) is 2.42. The summed E-state index contributed by atoms with van der Waals surface area (Å²) in [5.74, 6) is -0.291. The molecule has 0 radical (unpaired) electrons. The molecule has 3 heteroatoms. The molecule has 0 aromatic rings. The number of carbonyl (C=O) groups is 1. The van der Waals surface area contributed by atoms with Gasteiger partial charge in [0, 0.05) is 6.42 Å². The fourth-order valence-corrected chi connectivity index (χ4v) is 1.56. The predicted molar refractivity (Wildman–Crippen MR) is 49.1 cm³/mol. The summed E-state index contributed by atoms with van der Waals surface area (Å²) in [5.41, 5.74) is 0. The third kappa shape index (κ3) is 2.31. The number of rotatable bonds is 4. The van der Waals surface area contributed by atoms with Crippen LogP contribution in [-0.2, 0) is 9.53 Å². The first-order valence-electron chi connectivity index (χ1n) is 4.68. The quantitative estimate of drug-likeness (QED) is 0.528. The van der Waals surface area contributed by atoms with E-state index in [2.05, 4.69) is 6.58 Å². The Labute approximate surface area is 78.4 Å². The van der Waals surface area contributed by atoms with E-state index in [0.717, 1.165) is 0 Å². The van der Waals surface area contributed by atoms with Gasteiger partial charge in [-0.15, -0.1) is 6.58 Å². The molecule has 1 saturated heterocycles. The molecule has 3 nitrogen and oxygen atoms in total. The molecule has 74 valence electrons. The van der Waals surface area contributed by atoms with E-state index in [1.54, 1.807) is 6.08 Å². The summed E-state index contributed by atoms with van der Waals surface area (Å²) in [4.78, 5) is 11.2. The minimum Gasteiger partial charge on any atom is -0.459 e. The van der Waals surface area contributed by atoms with Gasteiger partial charge in [-0.05, 0) is 12.8 Å². The second-order valence-corrected chi connectivity index (χ2v) is 3.41. The van der Waals surface area contributed by atoms with Gasteiger partial charge in [-0.2, -0.15) is 0 Å². The van der Waals surface area contributed by atoms with Gasteiger partial charge < -0.3 is 9.84 Å². The highest BCUT2D eigenvalue weighted by Crippen LogP contribution is 2.27. The van der Waals surface area contributed by atoms with Crippen molar-refractivity contribution in [2.75, 3.05) is 0 Å². The largest absolute Gasteiger partial charge is 0.459 e. The monoisotopic (exact) mass is 184 g/mol. The molecule has 1 N–H and O–H groups in total. The maximum absolute atomic E-state index is 11.2. The van der Waals surface area contributed by atoms with Gasteiger partial charge >= 0.3 is 5.97 Å². The van der Waals surface area contributed by atoms with Crippen molar-refractivity contribution >= 4 is 5.97 Å². The molecule has 1 fully saturated rings. The molecule has 3 atom stereocenters. The first-order chi connectivity index (χ1) is 6.19. The molecule has 13 heavy (non-hydrogen) atoms. The Morgan fingerprint density at radius 3 is 3.08 bits per heavy atom. The van der Waals surface area contributed by atoms with Crippen LogP contribution in [0.1, 0.15) is 26.2 Å². The normalized spacial score (nSPS) is 29.8. The SMILES string of the molecule is C=CC[C@H]1C[C@H]([C@@H](O)CC)OC1=O. The zero-order valence-corrected chi connectivity index (χ0v) is 7.90. The van der Waals surface area contributed by atoms with Gasteiger partial charge in [-0.3, -0.25) is 4.79 Å². The zero-order chi connectivity index (χ0) is 9.84.